The fraction of sp³-hybridized carbons (Fsp3) is 0.303. The number of ether oxygens (including phenoxy) is 1. The number of hydrogen-bond donors (Lipinski definition) is 0. The highest BCUT2D eigenvalue weighted by Crippen LogP contribution is 2.33. The number of halogens is 3. The molecule has 2 heterocycles. The number of rotatable bonds is 11. The van der Waals surface area contributed by atoms with E-state index in [-0.39, 0.29) is 29.2 Å². The van der Waals surface area contributed by atoms with Gasteiger partial charge in [-0.3, -0.25) is 14.5 Å². The molecule has 2 amide bonds. The number of alkyl halides is 3. The summed E-state index contributed by atoms with van der Waals surface area (Å²) >= 11 is 1.30. The Hall–Kier alpha value is -4.45. The van der Waals surface area contributed by atoms with E-state index in [2.05, 4.69) is 33.7 Å². The first kappa shape index (κ1) is 32.0. The smallest absolute Gasteiger partial charge is 0.406 e. The number of carbonyl (C=O) groups is 2. The fourth-order valence-electron chi connectivity index (χ4n) is 4.99. The van der Waals surface area contributed by atoms with E-state index in [1.165, 1.54) is 47.0 Å². The van der Waals surface area contributed by atoms with Crippen LogP contribution in [0.4, 0.5) is 18.9 Å². The Kier molecular flexibility index (Phi) is 10.0. The average molecular weight is 636 g/mol. The maximum absolute atomic E-state index is 12.7. The first-order valence-electron chi connectivity index (χ1n) is 14.6. The number of carbonyl (C=O) groups excluding carboxylic acids is 2. The van der Waals surface area contributed by atoms with Gasteiger partial charge in [-0.2, -0.15) is 4.99 Å². The van der Waals surface area contributed by atoms with Crippen molar-refractivity contribution in [3.05, 3.63) is 90.3 Å². The van der Waals surface area contributed by atoms with Crippen LogP contribution in [-0.2, 0) is 16.0 Å². The van der Waals surface area contributed by atoms with Crippen molar-refractivity contribution in [1.29, 1.82) is 0 Å². The topological polar surface area (TPSA) is 89.7 Å². The van der Waals surface area contributed by atoms with Gasteiger partial charge in [-0.25, -0.2) is 9.67 Å². The predicted molar refractivity (Wildman–Crippen MR) is 169 cm³/mol. The molecule has 1 fully saturated rings. The Bertz CT molecular complexity index is 1690. The lowest BCUT2D eigenvalue weighted by molar-refractivity contribution is -0.274. The number of para-hydroxylation sites is 1. The summed E-state index contributed by atoms with van der Waals surface area (Å²) in [6.07, 6.45) is 0.278. The van der Waals surface area contributed by atoms with Gasteiger partial charge in [0.2, 0.25) is 11.8 Å². The third-order valence-electron chi connectivity index (χ3n) is 7.15. The molecule has 0 aliphatic carbocycles. The molecule has 8 nitrogen and oxygen atoms in total. The zero-order valence-corrected chi connectivity index (χ0v) is 25.6. The van der Waals surface area contributed by atoms with Gasteiger partial charge < -0.3 is 4.74 Å². The van der Waals surface area contributed by atoms with Crippen LogP contribution in [0, 0.1) is 0 Å². The zero-order valence-electron chi connectivity index (χ0n) is 24.8. The quantitative estimate of drug-likeness (QED) is 0.157. The molecule has 0 unspecified atom stereocenters. The highest BCUT2D eigenvalue weighted by Gasteiger charge is 2.32. The average Bonchev–Trinajstić information content (AvgIpc) is 3.64. The van der Waals surface area contributed by atoms with Crippen molar-refractivity contribution in [2.24, 2.45) is 4.99 Å². The number of thioether (sulfide) groups is 1. The maximum Gasteiger partial charge on any atom is 0.573 e. The largest absolute Gasteiger partial charge is 0.573 e. The highest BCUT2D eigenvalue weighted by atomic mass is 32.2. The molecule has 0 saturated carbocycles. The molecule has 1 aromatic heterocycles. The molecule has 1 saturated heterocycles. The molecule has 5 rings (SSSR count). The van der Waals surface area contributed by atoms with Crippen LogP contribution in [0.2, 0.25) is 0 Å². The van der Waals surface area contributed by atoms with Gasteiger partial charge in [0.15, 0.2) is 11.0 Å². The van der Waals surface area contributed by atoms with Crippen LogP contribution in [0.15, 0.2) is 84.1 Å². The van der Waals surface area contributed by atoms with Crippen molar-refractivity contribution in [3.8, 4) is 22.8 Å². The number of nitrogens with zero attached hydrogens (tertiary/aromatic N) is 5. The minimum absolute atomic E-state index is 0.0718. The Morgan fingerprint density at radius 3 is 2.56 bits per heavy atom. The molecule has 1 aliphatic rings. The van der Waals surface area contributed by atoms with Crippen molar-refractivity contribution in [2.75, 3.05) is 10.7 Å². The fourth-order valence-corrected chi connectivity index (χ4v) is 5.87. The first-order valence-corrected chi connectivity index (χ1v) is 15.6. The molecule has 234 valence electrons. The highest BCUT2D eigenvalue weighted by molar-refractivity contribution is 8.15. The summed E-state index contributed by atoms with van der Waals surface area (Å²) in [4.78, 5) is 35.6. The van der Waals surface area contributed by atoms with Gasteiger partial charge in [0.1, 0.15) is 12.1 Å². The lowest BCUT2D eigenvalue weighted by Crippen LogP contribution is -2.30. The molecule has 45 heavy (non-hydrogen) atoms. The van der Waals surface area contributed by atoms with Crippen LogP contribution < -0.4 is 9.64 Å². The lowest BCUT2D eigenvalue weighted by atomic mass is 10.0. The van der Waals surface area contributed by atoms with Gasteiger partial charge in [0.05, 0.1) is 17.1 Å². The van der Waals surface area contributed by atoms with Crippen LogP contribution in [0.1, 0.15) is 56.6 Å². The lowest BCUT2D eigenvalue weighted by Gasteiger charge is -2.21. The van der Waals surface area contributed by atoms with Gasteiger partial charge in [-0.15, -0.1) is 18.3 Å². The number of aryl methyl sites for hydroxylation is 1. The molecule has 3 aromatic carbocycles. The van der Waals surface area contributed by atoms with Crippen molar-refractivity contribution >= 4 is 34.4 Å². The molecule has 4 aromatic rings. The number of unbranched alkanes of at least 4 members (excludes halogenated alkanes) is 2. The van der Waals surface area contributed by atoms with E-state index >= 15 is 0 Å². The first-order chi connectivity index (χ1) is 21.6. The second-order valence-electron chi connectivity index (χ2n) is 10.8. The molecule has 1 aliphatic heterocycles. The van der Waals surface area contributed by atoms with E-state index in [9.17, 15) is 22.8 Å². The van der Waals surface area contributed by atoms with Crippen molar-refractivity contribution in [2.45, 2.75) is 58.2 Å². The predicted octanol–water partition coefficient (Wildman–Crippen LogP) is 7.72. The van der Waals surface area contributed by atoms with Gasteiger partial charge >= 0.3 is 6.36 Å². The number of amides is 2. The zero-order chi connectivity index (χ0) is 32.0. The normalized spacial score (nSPS) is 14.5. The third kappa shape index (κ3) is 8.39. The van der Waals surface area contributed by atoms with E-state index in [1.807, 2.05) is 48.5 Å². The molecular formula is C33H32F3N5O3S. The van der Waals surface area contributed by atoms with Crippen molar-refractivity contribution in [1.82, 2.24) is 14.8 Å². The number of amidine groups is 1. The van der Waals surface area contributed by atoms with E-state index in [0.29, 0.717) is 29.5 Å². The number of aliphatic imine (C=N–C) groups is 1. The molecule has 0 radical (unpaired) electrons. The summed E-state index contributed by atoms with van der Waals surface area (Å²) in [6.45, 7) is 4.14. The summed E-state index contributed by atoms with van der Waals surface area (Å²) in [6, 6.07) is 21.0. The number of hydrogen-bond acceptors (Lipinski definition) is 6. The van der Waals surface area contributed by atoms with Crippen LogP contribution >= 0.6 is 11.8 Å². The van der Waals surface area contributed by atoms with Gasteiger partial charge in [-0.1, -0.05) is 68.4 Å². The van der Waals surface area contributed by atoms with Crippen LogP contribution in [-0.4, -0.2) is 43.9 Å². The monoisotopic (exact) mass is 635 g/mol. The second kappa shape index (κ2) is 14.1. The minimum Gasteiger partial charge on any atom is -0.406 e. The molecule has 12 heteroatoms. The van der Waals surface area contributed by atoms with E-state index in [0.717, 1.165) is 41.6 Å². The summed E-state index contributed by atoms with van der Waals surface area (Å²) in [5.41, 5.74) is 4.29. The van der Waals surface area contributed by atoms with Crippen LogP contribution in [0.3, 0.4) is 0 Å². The minimum atomic E-state index is -4.75. The Balaban J connectivity index is 1.12. The summed E-state index contributed by atoms with van der Waals surface area (Å²) in [5, 5.41) is 4.92. The maximum atomic E-state index is 12.7. The number of benzene rings is 3. The number of anilines is 1. The van der Waals surface area contributed by atoms with E-state index in [4.69, 9.17) is 0 Å². The second-order valence-corrected chi connectivity index (χ2v) is 11.8. The van der Waals surface area contributed by atoms with Crippen LogP contribution in [0.5, 0.6) is 5.75 Å². The summed E-state index contributed by atoms with van der Waals surface area (Å²) < 4.78 is 42.7. The SMILES string of the molecule is CC(C)c1ccccc1N1C(=O)CSC1=NC(=O)CCCCCc1cccc(-c2ncn(-c3ccc(OC(F)(F)F)cc3)n2)c1. The molecule has 0 spiro atoms. The Morgan fingerprint density at radius 2 is 1.80 bits per heavy atom. The molecule has 0 N–H and O–H groups in total. The van der Waals surface area contributed by atoms with E-state index in [1.54, 1.807) is 4.90 Å². The summed E-state index contributed by atoms with van der Waals surface area (Å²) in [5.74, 6) is 0.368. The molecule has 0 bridgehead atoms. The molecule has 0 atom stereocenters. The van der Waals surface area contributed by atoms with Crippen LogP contribution in [0.25, 0.3) is 17.1 Å². The van der Waals surface area contributed by atoms with Gasteiger partial charge in [0.25, 0.3) is 0 Å². The Labute approximate surface area is 263 Å². The Morgan fingerprint density at radius 1 is 1.02 bits per heavy atom. The standard InChI is InChI=1S/C33H32F3N5O3S/c1-22(2)27-12-6-7-13-28(27)41-30(43)20-45-32(41)38-29(42)14-5-3-4-9-23-10-8-11-24(19-23)31-37-21-40(39-31)25-15-17-26(18-16-25)44-33(34,35)36/h6-8,10-13,15-19,21-22H,3-5,9,14,20H2,1-2H3. The number of aromatic nitrogens is 3. The van der Waals surface area contributed by atoms with Gasteiger partial charge in [0, 0.05) is 12.0 Å². The van der Waals surface area contributed by atoms with E-state index < -0.39 is 6.36 Å². The van der Waals surface area contributed by atoms with Gasteiger partial charge in [-0.05, 0) is 72.7 Å². The summed E-state index contributed by atoms with van der Waals surface area (Å²) in [7, 11) is 0. The molecular weight excluding hydrogens is 603 g/mol. The third-order valence-corrected chi connectivity index (χ3v) is 8.08. The van der Waals surface area contributed by atoms with Crippen molar-refractivity contribution < 1.29 is 27.5 Å². The van der Waals surface area contributed by atoms with Crippen molar-refractivity contribution in [3.63, 3.8) is 0 Å².